The molecule has 0 saturated carbocycles. The van der Waals surface area contributed by atoms with E-state index in [1.54, 1.807) is 37.3 Å². The highest BCUT2D eigenvalue weighted by atomic mass is 35.5. The molecule has 0 aliphatic carbocycles. The zero-order valence-electron chi connectivity index (χ0n) is 18.3. The number of carbonyl (C=O) groups excluding carboxylic acids is 3. The van der Waals surface area contributed by atoms with Gasteiger partial charge in [0.25, 0.3) is 11.8 Å². The van der Waals surface area contributed by atoms with Crippen molar-refractivity contribution in [1.82, 2.24) is 10.7 Å². The summed E-state index contributed by atoms with van der Waals surface area (Å²) in [6, 6.07) is 21.3. The zero-order valence-corrected chi connectivity index (χ0v) is 19.1. The van der Waals surface area contributed by atoms with Crippen LogP contribution in [0.5, 0.6) is 0 Å². The maximum Gasteiger partial charge on any atom is 0.261 e. The minimum absolute atomic E-state index is 0.0933. The van der Waals surface area contributed by atoms with Gasteiger partial charge in [0, 0.05) is 10.6 Å². The fourth-order valence-electron chi connectivity index (χ4n) is 3.97. The molecule has 0 fully saturated rings. The van der Waals surface area contributed by atoms with Crippen molar-refractivity contribution >= 4 is 35.0 Å². The molecule has 7 heteroatoms. The van der Waals surface area contributed by atoms with Gasteiger partial charge in [0.1, 0.15) is 6.04 Å². The first kappa shape index (κ1) is 22.6. The van der Waals surface area contributed by atoms with E-state index in [1.165, 1.54) is 5.01 Å². The van der Waals surface area contributed by atoms with Crippen molar-refractivity contribution in [2.45, 2.75) is 32.2 Å². The number of nitrogens with one attached hydrogen (secondary N) is 2. The van der Waals surface area contributed by atoms with E-state index in [1.807, 2.05) is 49.4 Å². The molecule has 0 spiro atoms. The quantitative estimate of drug-likeness (QED) is 0.596. The van der Waals surface area contributed by atoms with Crippen LogP contribution in [0, 0.1) is 0 Å². The lowest BCUT2D eigenvalue weighted by Gasteiger charge is -2.27. The van der Waals surface area contributed by atoms with Crippen LogP contribution in [0.25, 0.3) is 11.1 Å². The lowest BCUT2D eigenvalue weighted by atomic mass is 9.92. The second kappa shape index (κ2) is 9.46. The van der Waals surface area contributed by atoms with Crippen LogP contribution in [-0.4, -0.2) is 23.8 Å². The van der Waals surface area contributed by atoms with Crippen molar-refractivity contribution in [3.63, 3.8) is 0 Å². The average molecular weight is 462 g/mol. The van der Waals surface area contributed by atoms with E-state index >= 15 is 0 Å². The molecule has 2 atom stereocenters. The summed E-state index contributed by atoms with van der Waals surface area (Å²) in [5, 5.41) is 4.52. The fraction of sp³-hybridized carbons (Fsp3) is 0.192. The summed E-state index contributed by atoms with van der Waals surface area (Å²) < 4.78 is 0. The molecule has 1 unspecified atom stereocenters. The number of hydrogen-bond acceptors (Lipinski definition) is 3. The second-order valence-corrected chi connectivity index (χ2v) is 8.51. The van der Waals surface area contributed by atoms with Crippen LogP contribution in [0.4, 0.5) is 5.69 Å². The first-order valence-corrected chi connectivity index (χ1v) is 11.1. The molecule has 0 bridgehead atoms. The van der Waals surface area contributed by atoms with Gasteiger partial charge in [0.15, 0.2) is 0 Å². The number of carbonyl (C=O) groups is 3. The zero-order chi connectivity index (χ0) is 23.5. The van der Waals surface area contributed by atoms with Gasteiger partial charge in [0.05, 0.1) is 18.0 Å². The number of hydrazine groups is 1. The minimum atomic E-state index is -0.849. The smallest absolute Gasteiger partial charge is 0.261 e. The van der Waals surface area contributed by atoms with Gasteiger partial charge in [-0.25, -0.2) is 5.01 Å². The van der Waals surface area contributed by atoms with E-state index in [-0.39, 0.29) is 18.2 Å². The molecule has 33 heavy (non-hydrogen) atoms. The summed E-state index contributed by atoms with van der Waals surface area (Å²) in [5.41, 5.74) is 6.75. The molecule has 2 N–H and O–H groups in total. The number of amides is 3. The van der Waals surface area contributed by atoms with Gasteiger partial charge in [-0.15, -0.1) is 0 Å². The van der Waals surface area contributed by atoms with Crippen LogP contribution in [0.1, 0.15) is 30.9 Å². The maximum atomic E-state index is 13.3. The molecule has 1 aliphatic rings. The summed E-state index contributed by atoms with van der Waals surface area (Å²) in [6.45, 7) is 3.40. The molecule has 3 amide bonds. The Bertz CT molecular complexity index is 1230. The predicted molar refractivity (Wildman–Crippen MR) is 129 cm³/mol. The van der Waals surface area contributed by atoms with Crippen molar-refractivity contribution in [1.29, 1.82) is 0 Å². The Morgan fingerprint density at radius 3 is 2.45 bits per heavy atom. The number of benzene rings is 3. The molecule has 1 heterocycles. The first-order chi connectivity index (χ1) is 15.8. The van der Waals surface area contributed by atoms with Crippen molar-refractivity contribution in [3.8, 4) is 11.1 Å². The minimum Gasteiger partial charge on any atom is -0.344 e. The third kappa shape index (κ3) is 4.76. The first-order valence-electron chi connectivity index (χ1n) is 10.7. The highest BCUT2D eigenvalue weighted by molar-refractivity contribution is 6.30. The van der Waals surface area contributed by atoms with Crippen LogP contribution in [0.15, 0.2) is 72.8 Å². The summed E-state index contributed by atoms with van der Waals surface area (Å²) in [5.74, 6) is -1.51. The average Bonchev–Trinajstić information content (AvgIpc) is 2.89. The lowest BCUT2D eigenvalue weighted by molar-refractivity contribution is -0.130. The molecule has 0 saturated heterocycles. The Hall–Kier alpha value is -3.64. The van der Waals surface area contributed by atoms with Gasteiger partial charge in [-0.1, -0.05) is 66.2 Å². The Balaban J connectivity index is 1.52. The van der Waals surface area contributed by atoms with Crippen LogP contribution in [0.2, 0.25) is 5.02 Å². The van der Waals surface area contributed by atoms with Crippen molar-refractivity contribution in [3.05, 3.63) is 88.9 Å². The third-order valence-electron chi connectivity index (χ3n) is 5.70. The standard InChI is InChI=1S/C26H24ClN3O3/c1-16-20-10-3-4-11-21(20)22-12-5-6-13-23(22)30(26(16)33)29-25(32)17(2)28-24(31)15-18-8-7-9-19(27)14-18/h3-14,16-17H,15H2,1-2H3,(H,28,31)(H,29,32)/t16?,17-/m0/s1. The molecule has 0 aromatic heterocycles. The Kier molecular flexibility index (Phi) is 6.47. The number of fused-ring (bicyclic) bond motifs is 3. The summed E-state index contributed by atoms with van der Waals surface area (Å²) in [4.78, 5) is 38.7. The molecule has 6 nitrogen and oxygen atoms in total. The Morgan fingerprint density at radius 2 is 1.70 bits per heavy atom. The molecular formula is C26H24ClN3O3. The SMILES string of the molecule is CC1C(=O)N(NC(=O)[C@H](C)NC(=O)Cc2cccc(Cl)c2)c2ccccc2-c2ccccc21. The number of nitrogens with zero attached hydrogens (tertiary/aromatic N) is 1. The van der Waals surface area contributed by atoms with Crippen LogP contribution >= 0.6 is 11.6 Å². The molecule has 1 aliphatic heterocycles. The number of anilines is 1. The molecule has 4 rings (SSSR count). The molecule has 3 aromatic rings. The Morgan fingerprint density at radius 1 is 1.00 bits per heavy atom. The van der Waals surface area contributed by atoms with E-state index < -0.39 is 17.9 Å². The van der Waals surface area contributed by atoms with Crippen molar-refractivity contribution in [2.24, 2.45) is 0 Å². The summed E-state index contributed by atoms with van der Waals surface area (Å²) >= 11 is 5.97. The summed E-state index contributed by atoms with van der Waals surface area (Å²) in [7, 11) is 0. The fourth-order valence-corrected chi connectivity index (χ4v) is 4.19. The predicted octanol–water partition coefficient (Wildman–Crippen LogP) is 4.24. The highest BCUT2D eigenvalue weighted by Gasteiger charge is 2.33. The van der Waals surface area contributed by atoms with E-state index in [2.05, 4.69) is 10.7 Å². The lowest BCUT2D eigenvalue weighted by Crippen LogP contribution is -2.54. The van der Waals surface area contributed by atoms with Crippen molar-refractivity contribution < 1.29 is 14.4 Å². The van der Waals surface area contributed by atoms with E-state index in [0.717, 1.165) is 22.3 Å². The Labute approximate surface area is 197 Å². The topological polar surface area (TPSA) is 78.5 Å². The van der Waals surface area contributed by atoms with Gasteiger partial charge in [-0.05, 0) is 48.7 Å². The van der Waals surface area contributed by atoms with Gasteiger partial charge in [0.2, 0.25) is 5.91 Å². The molecule has 168 valence electrons. The monoisotopic (exact) mass is 461 g/mol. The highest BCUT2D eigenvalue weighted by Crippen LogP contribution is 2.39. The maximum absolute atomic E-state index is 13.3. The molecule has 3 aromatic carbocycles. The van der Waals surface area contributed by atoms with E-state index in [9.17, 15) is 14.4 Å². The van der Waals surface area contributed by atoms with Gasteiger partial charge in [-0.2, -0.15) is 0 Å². The third-order valence-corrected chi connectivity index (χ3v) is 5.93. The number of para-hydroxylation sites is 1. The van der Waals surface area contributed by atoms with Gasteiger partial charge in [-0.3, -0.25) is 19.8 Å². The van der Waals surface area contributed by atoms with E-state index in [0.29, 0.717) is 10.7 Å². The van der Waals surface area contributed by atoms with Crippen LogP contribution in [0.3, 0.4) is 0 Å². The van der Waals surface area contributed by atoms with Crippen LogP contribution < -0.4 is 15.8 Å². The molecule has 0 radical (unpaired) electrons. The van der Waals surface area contributed by atoms with Gasteiger partial charge >= 0.3 is 0 Å². The number of halogens is 1. The van der Waals surface area contributed by atoms with Crippen molar-refractivity contribution in [2.75, 3.05) is 5.01 Å². The number of hydrogen-bond donors (Lipinski definition) is 2. The van der Waals surface area contributed by atoms with Crippen LogP contribution in [-0.2, 0) is 20.8 Å². The normalized spacial score (nSPS) is 15.7. The second-order valence-electron chi connectivity index (χ2n) is 8.07. The largest absolute Gasteiger partial charge is 0.344 e. The number of rotatable bonds is 5. The van der Waals surface area contributed by atoms with Gasteiger partial charge < -0.3 is 5.32 Å². The molecular weight excluding hydrogens is 438 g/mol. The summed E-state index contributed by atoms with van der Waals surface area (Å²) in [6.07, 6.45) is 0.0933. The van der Waals surface area contributed by atoms with E-state index in [4.69, 9.17) is 11.6 Å².